The van der Waals surface area contributed by atoms with Crippen molar-refractivity contribution in [2.75, 3.05) is 19.6 Å². The Morgan fingerprint density at radius 3 is 2.69 bits per heavy atom. The van der Waals surface area contributed by atoms with Crippen LogP contribution in [0, 0.1) is 5.92 Å². The second-order valence-corrected chi connectivity index (χ2v) is 4.30. The second kappa shape index (κ2) is 6.39. The van der Waals surface area contributed by atoms with E-state index in [2.05, 4.69) is 24.5 Å². The van der Waals surface area contributed by atoms with Gasteiger partial charge in [0.25, 0.3) is 0 Å². The van der Waals surface area contributed by atoms with Crippen LogP contribution in [0.25, 0.3) is 0 Å². The van der Waals surface area contributed by atoms with Gasteiger partial charge >= 0.3 is 0 Å². The highest BCUT2D eigenvalue weighted by molar-refractivity contribution is 4.80. The van der Waals surface area contributed by atoms with Gasteiger partial charge < -0.3 is 10.6 Å². The summed E-state index contributed by atoms with van der Waals surface area (Å²) in [4.78, 5) is 0. The molecule has 0 aromatic carbocycles. The van der Waals surface area contributed by atoms with Crippen LogP contribution < -0.4 is 10.6 Å². The standard InChI is InChI=1S/C11H24N2/c1-3-10(2)9-12-7-4-8-13-11-5-6-11/h10-13H,3-9H2,1-2H3. The van der Waals surface area contributed by atoms with Crippen molar-refractivity contribution in [1.82, 2.24) is 10.6 Å². The van der Waals surface area contributed by atoms with Crippen LogP contribution in [0.4, 0.5) is 0 Å². The Bertz CT molecular complexity index is 121. The molecule has 2 nitrogen and oxygen atoms in total. The fourth-order valence-electron chi connectivity index (χ4n) is 1.30. The van der Waals surface area contributed by atoms with Crippen molar-refractivity contribution in [3.8, 4) is 0 Å². The fourth-order valence-corrected chi connectivity index (χ4v) is 1.30. The zero-order chi connectivity index (χ0) is 9.52. The monoisotopic (exact) mass is 184 g/mol. The highest BCUT2D eigenvalue weighted by atomic mass is 14.9. The van der Waals surface area contributed by atoms with Gasteiger partial charge in [-0.25, -0.2) is 0 Å². The molecule has 0 saturated heterocycles. The van der Waals surface area contributed by atoms with Crippen molar-refractivity contribution in [1.29, 1.82) is 0 Å². The molecule has 1 unspecified atom stereocenters. The molecule has 1 rings (SSSR count). The molecule has 2 N–H and O–H groups in total. The minimum Gasteiger partial charge on any atom is -0.316 e. The molecular weight excluding hydrogens is 160 g/mol. The van der Waals surface area contributed by atoms with E-state index in [4.69, 9.17) is 0 Å². The normalized spacial score (nSPS) is 18.9. The summed E-state index contributed by atoms with van der Waals surface area (Å²) in [5, 5.41) is 7.01. The summed E-state index contributed by atoms with van der Waals surface area (Å²) in [6, 6.07) is 0.870. The average Bonchev–Trinajstić information content (AvgIpc) is 2.94. The minimum absolute atomic E-state index is 0.830. The van der Waals surface area contributed by atoms with E-state index in [-0.39, 0.29) is 0 Å². The summed E-state index contributed by atoms with van der Waals surface area (Å²) in [6.07, 6.45) is 5.36. The first kappa shape index (κ1) is 11.0. The molecule has 1 aliphatic carbocycles. The van der Waals surface area contributed by atoms with Crippen LogP contribution in [0.5, 0.6) is 0 Å². The lowest BCUT2D eigenvalue weighted by atomic mass is 10.1. The molecule has 0 radical (unpaired) electrons. The van der Waals surface area contributed by atoms with E-state index in [1.54, 1.807) is 0 Å². The highest BCUT2D eigenvalue weighted by Crippen LogP contribution is 2.18. The van der Waals surface area contributed by atoms with Gasteiger partial charge in [0.1, 0.15) is 0 Å². The first-order chi connectivity index (χ1) is 6.33. The highest BCUT2D eigenvalue weighted by Gasteiger charge is 2.19. The van der Waals surface area contributed by atoms with Crippen molar-refractivity contribution in [2.24, 2.45) is 5.92 Å². The Balaban J connectivity index is 1.72. The molecule has 1 atom stereocenters. The third-order valence-electron chi connectivity index (χ3n) is 2.73. The van der Waals surface area contributed by atoms with Crippen LogP contribution in [0.15, 0.2) is 0 Å². The van der Waals surface area contributed by atoms with Gasteiger partial charge in [-0.15, -0.1) is 0 Å². The van der Waals surface area contributed by atoms with Crippen LogP contribution >= 0.6 is 0 Å². The predicted octanol–water partition coefficient (Wildman–Crippen LogP) is 1.76. The fraction of sp³-hybridized carbons (Fsp3) is 1.00. The summed E-state index contributed by atoms with van der Waals surface area (Å²) in [5.41, 5.74) is 0. The van der Waals surface area contributed by atoms with Gasteiger partial charge in [-0.3, -0.25) is 0 Å². The second-order valence-electron chi connectivity index (χ2n) is 4.30. The number of hydrogen-bond acceptors (Lipinski definition) is 2. The van der Waals surface area contributed by atoms with Crippen LogP contribution in [0.2, 0.25) is 0 Å². The SMILES string of the molecule is CCC(C)CNCCCNC1CC1. The van der Waals surface area contributed by atoms with E-state index in [0.29, 0.717) is 0 Å². The van der Waals surface area contributed by atoms with Crippen molar-refractivity contribution in [3.05, 3.63) is 0 Å². The number of rotatable bonds is 8. The van der Waals surface area contributed by atoms with E-state index in [1.807, 2.05) is 0 Å². The van der Waals surface area contributed by atoms with Gasteiger partial charge in [0, 0.05) is 6.04 Å². The third kappa shape index (κ3) is 6.05. The smallest absolute Gasteiger partial charge is 0.00682 e. The molecule has 13 heavy (non-hydrogen) atoms. The topological polar surface area (TPSA) is 24.1 Å². The minimum atomic E-state index is 0.830. The van der Waals surface area contributed by atoms with E-state index in [9.17, 15) is 0 Å². The molecule has 78 valence electrons. The van der Waals surface area contributed by atoms with Crippen molar-refractivity contribution in [2.45, 2.75) is 45.6 Å². The van der Waals surface area contributed by atoms with Crippen LogP contribution in [-0.4, -0.2) is 25.7 Å². The zero-order valence-corrected chi connectivity index (χ0v) is 9.10. The molecule has 0 heterocycles. The Hall–Kier alpha value is -0.0800. The molecule has 1 fully saturated rings. The van der Waals surface area contributed by atoms with Crippen molar-refractivity contribution in [3.63, 3.8) is 0 Å². The molecule has 1 saturated carbocycles. The molecule has 2 heteroatoms. The predicted molar refractivity (Wildman–Crippen MR) is 58.0 cm³/mol. The van der Waals surface area contributed by atoms with Crippen LogP contribution in [0.3, 0.4) is 0 Å². The Morgan fingerprint density at radius 1 is 1.31 bits per heavy atom. The van der Waals surface area contributed by atoms with E-state index >= 15 is 0 Å². The van der Waals surface area contributed by atoms with Gasteiger partial charge in [0.05, 0.1) is 0 Å². The van der Waals surface area contributed by atoms with Crippen LogP contribution in [0.1, 0.15) is 39.5 Å². The Kier molecular flexibility index (Phi) is 5.40. The average molecular weight is 184 g/mol. The van der Waals surface area contributed by atoms with E-state index in [1.165, 1.54) is 45.3 Å². The lowest BCUT2D eigenvalue weighted by molar-refractivity contribution is 0.490. The summed E-state index contributed by atoms with van der Waals surface area (Å²) < 4.78 is 0. The summed E-state index contributed by atoms with van der Waals surface area (Å²) in [7, 11) is 0. The van der Waals surface area contributed by atoms with Gasteiger partial charge in [-0.1, -0.05) is 20.3 Å². The molecule has 0 amide bonds. The maximum absolute atomic E-state index is 3.52. The molecule has 0 aromatic heterocycles. The molecule has 0 spiro atoms. The van der Waals surface area contributed by atoms with E-state index < -0.39 is 0 Å². The van der Waals surface area contributed by atoms with Crippen molar-refractivity contribution < 1.29 is 0 Å². The Labute approximate surface area is 82.5 Å². The third-order valence-corrected chi connectivity index (χ3v) is 2.73. The summed E-state index contributed by atoms with van der Waals surface area (Å²) >= 11 is 0. The quantitative estimate of drug-likeness (QED) is 0.562. The van der Waals surface area contributed by atoms with Crippen molar-refractivity contribution >= 4 is 0 Å². The zero-order valence-electron chi connectivity index (χ0n) is 9.10. The van der Waals surface area contributed by atoms with Gasteiger partial charge in [0.2, 0.25) is 0 Å². The summed E-state index contributed by atoms with van der Waals surface area (Å²) in [6.45, 7) is 8.10. The van der Waals surface area contributed by atoms with Crippen LogP contribution in [-0.2, 0) is 0 Å². The van der Waals surface area contributed by atoms with Gasteiger partial charge in [-0.2, -0.15) is 0 Å². The largest absolute Gasteiger partial charge is 0.316 e. The van der Waals surface area contributed by atoms with Gasteiger partial charge in [-0.05, 0) is 44.8 Å². The Morgan fingerprint density at radius 2 is 2.08 bits per heavy atom. The molecule has 0 aliphatic heterocycles. The first-order valence-electron chi connectivity index (χ1n) is 5.77. The molecule has 1 aliphatic rings. The molecule has 0 bridgehead atoms. The summed E-state index contributed by atoms with van der Waals surface area (Å²) in [5.74, 6) is 0.830. The number of nitrogens with one attached hydrogen (secondary N) is 2. The van der Waals surface area contributed by atoms with E-state index in [0.717, 1.165) is 12.0 Å². The number of hydrogen-bond donors (Lipinski definition) is 2. The maximum atomic E-state index is 3.52. The molecular formula is C11H24N2. The first-order valence-corrected chi connectivity index (χ1v) is 5.77. The molecule has 0 aromatic rings. The lowest BCUT2D eigenvalue weighted by Crippen LogP contribution is -2.26. The lowest BCUT2D eigenvalue weighted by Gasteiger charge is -2.09. The van der Waals surface area contributed by atoms with Gasteiger partial charge in [0.15, 0.2) is 0 Å². The maximum Gasteiger partial charge on any atom is 0.00682 e.